The van der Waals surface area contributed by atoms with Crippen molar-refractivity contribution in [3.8, 4) is 0 Å². The van der Waals surface area contributed by atoms with E-state index in [1.165, 1.54) is 0 Å². The fourth-order valence-corrected chi connectivity index (χ4v) is 3.04. The zero-order chi connectivity index (χ0) is 14.5. The first-order chi connectivity index (χ1) is 9.54. The van der Waals surface area contributed by atoms with Crippen LogP contribution in [0.15, 0.2) is 45.7 Å². The maximum absolute atomic E-state index is 12.2. The summed E-state index contributed by atoms with van der Waals surface area (Å²) in [4.78, 5) is 0.718. The highest BCUT2D eigenvalue weighted by Gasteiger charge is 2.09. The topological polar surface area (TPSA) is 42.2 Å². The Balaban J connectivity index is 1.98. The Morgan fingerprint density at radius 3 is 2.70 bits per heavy atom. The number of furan rings is 1. The summed E-state index contributed by atoms with van der Waals surface area (Å²) in [7, 11) is -1.14. The lowest BCUT2D eigenvalue weighted by Gasteiger charge is -2.05. The number of hydrogen-bond donors (Lipinski definition) is 1. The zero-order valence-corrected chi connectivity index (χ0v) is 13.1. The van der Waals surface area contributed by atoms with Crippen molar-refractivity contribution >= 4 is 22.4 Å². The van der Waals surface area contributed by atoms with Gasteiger partial charge in [-0.15, -0.1) is 0 Å². The van der Waals surface area contributed by atoms with Gasteiger partial charge in [0.25, 0.3) is 0 Å². The molecular weight excluding hydrogens is 294 g/mol. The predicted molar refractivity (Wildman–Crippen MR) is 82.2 cm³/mol. The highest BCUT2D eigenvalue weighted by atomic mass is 35.5. The monoisotopic (exact) mass is 311 g/mol. The SMILES string of the molecule is CC(C)NCc1ccc(CS(=O)c2cccc(Cl)c2)o1. The lowest BCUT2D eigenvalue weighted by Crippen LogP contribution is -2.21. The van der Waals surface area contributed by atoms with Crippen LogP contribution in [-0.2, 0) is 23.1 Å². The van der Waals surface area contributed by atoms with Crippen molar-refractivity contribution in [2.24, 2.45) is 0 Å². The van der Waals surface area contributed by atoms with Crippen molar-refractivity contribution in [3.05, 3.63) is 52.9 Å². The third kappa shape index (κ3) is 4.47. The first-order valence-corrected chi connectivity index (χ1v) is 8.19. The van der Waals surface area contributed by atoms with E-state index in [2.05, 4.69) is 19.2 Å². The number of benzene rings is 1. The molecule has 1 heterocycles. The van der Waals surface area contributed by atoms with E-state index in [1.807, 2.05) is 18.2 Å². The van der Waals surface area contributed by atoms with Crippen molar-refractivity contribution in [2.75, 3.05) is 0 Å². The van der Waals surface area contributed by atoms with Gasteiger partial charge in [-0.1, -0.05) is 31.5 Å². The number of rotatable bonds is 6. The van der Waals surface area contributed by atoms with Crippen LogP contribution in [0.2, 0.25) is 5.02 Å². The molecule has 0 aliphatic rings. The summed E-state index contributed by atoms with van der Waals surface area (Å²) in [5.41, 5.74) is 0. The quantitative estimate of drug-likeness (QED) is 0.883. The largest absolute Gasteiger partial charge is 0.464 e. The van der Waals surface area contributed by atoms with Gasteiger partial charge in [0.2, 0.25) is 0 Å². The summed E-state index contributed by atoms with van der Waals surface area (Å²) in [6, 6.07) is 11.3. The third-order valence-corrected chi connectivity index (χ3v) is 4.30. The van der Waals surface area contributed by atoms with E-state index in [0.29, 0.717) is 23.4 Å². The first-order valence-electron chi connectivity index (χ1n) is 6.49. The average molecular weight is 312 g/mol. The molecule has 1 N–H and O–H groups in total. The molecule has 0 fully saturated rings. The molecule has 1 aromatic heterocycles. The van der Waals surface area contributed by atoms with Crippen LogP contribution in [0.4, 0.5) is 0 Å². The number of hydrogen-bond acceptors (Lipinski definition) is 3. The molecule has 0 amide bonds. The van der Waals surface area contributed by atoms with E-state index < -0.39 is 10.8 Å². The van der Waals surface area contributed by atoms with Gasteiger partial charge in [0.15, 0.2) is 0 Å². The normalized spacial score (nSPS) is 12.8. The average Bonchev–Trinajstić information content (AvgIpc) is 2.84. The predicted octanol–water partition coefficient (Wildman–Crippen LogP) is 3.74. The van der Waals surface area contributed by atoms with Crippen molar-refractivity contribution < 1.29 is 8.63 Å². The van der Waals surface area contributed by atoms with Crippen molar-refractivity contribution in [2.45, 2.75) is 37.1 Å². The maximum Gasteiger partial charge on any atom is 0.118 e. The minimum absolute atomic E-state index is 0.363. The minimum atomic E-state index is -1.14. The Morgan fingerprint density at radius 2 is 2.00 bits per heavy atom. The van der Waals surface area contributed by atoms with E-state index in [4.69, 9.17) is 16.0 Å². The molecule has 0 spiro atoms. The van der Waals surface area contributed by atoms with Crippen LogP contribution in [0.5, 0.6) is 0 Å². The Morgan fingerprint density at radius 1 is 1.25 bits per heavy atom. The molecule has 1 aromatic carbocycles. The van der Waals surface area contributed by atoms with Crippen molar-refractivity contribution in [1.29, 1.82) is 0 Å². The standard InChI is InChI=1S/C15H18ClNO2S/c1-11(2)17-9-13-6-7-14(19-13)10-20(18)15-5-3-4-12(16)8-15/h3-8,11,17H,9-10H2,1-2H3. The van der Waals surface area contributed by atoms with Crippen molar-refractivity contribution in [3.63, 3.8) is 0 Å². The van der Waals surface area contributed by atoms with Gasteiger partial charge in [-0.05, 0) is 30.3 Å². The first kappa shape index (κ1) is 15.3. The van der Waals surface area contributed by atoms with Crippen LogP contribution in [0, 0.1) is 0 Å². The second kappa shape index (κ2) is 7.07. The smallest absolute Gasteiger partial charge is 0.118 e. The minimum Gasteiger partial charge on any atom is -0.464 e. The van der Waals surface area contributed by atoms with Gasteiger partial charge >= 0.3 is 0 Å². The van der Waals surface area contributed by atoms with E-state index in [0.717, 1.165) is 16.4 Å². The Kier molecular flexibility index (Phi) is 5.40. The Bertz CT molecular complexity index is 595. The molecule has 1 unspecified atom stereocenters. The van der Waals surface area contributed by atoms with Gasteiger partial charge in [0.1, 0.15) is 11.5 Å². The molecule has 0 aliphatic carbocycles. The van der Waals surface area contributed by atoms with Crippen molar-refractivity contribution in [1.82, 2.24) is 5.32 Å². The second-order valence-corrected chi connectivity index (χ2v) is 6.74. The Labute approximate surface area is 126 Å². The molecule has 0 saturated carbocycles. The van der Waals surface area contributed by atoms with Crippen LogP contribution in [0.25, 0.3) is 0 Å². The highest BCUT2D eigenvalue weighted by Crippen LogP contribution is 2.18. The molecule has 2 aromatic rings. The van der Waals surface area contributed by atoms with Gasteiger partial charge < -0.3 is 9.73 Å². The van der Waals surface area contributed by atoms with Gasteiger partial charge in [0.05, 0.1) is 23.1 Å². The lowest BCUT2D eigenvalue weighted by molar-refractivity contribution is 0.445. The second-order valence-electron chi connectivity index (χ2n) is 4.85. The highest BCUT2D eigenvalue weighted by molar-refractivity contribution is 7.84. The van der Waals surface area contributed by atoms with Gasteiger partial charge in [-0.2, -0.15) is 0 Å². The third-order valence-electron chi connectivity index (χ3n) is 2.73. The molecule has 108 valence electrons. The molecular formula is C15H18ClNO2S. The van der Waals surface area contributed by atoms with Crippen LogP contribution in [0.1, 0.15) is 25.4 Å². The molecule has 5 heteroatoms. The van der Waals surface area contributed by atoms with E-state index >= 15 is 0 Å². The summed E-state index contributed by atoms with van der Waals surface area (Å²) in [5, 5.41) is 3.88. The summed E-state index contributed by atoms with van der Waals surface area (Å²) in [6.07, 6.45) is 0. The maximum atomic E-state index is 12.2. The van der Waals surface area contributed by atoms with Gasteiger partial charge in [-0.3, -0.25) is 4.21 Å². The zero-order valence-electron chi connectivity index (χ0n) is 11.6. The Hall–Kier alpha value is -1.10. The molecule has 2 rings (SSSR count). The number of nitrogens with one attached hydrogen (secondary N) is 1. The molecule has 0 saturated heterocycles. The van der Waals surface area contributed by atoms with E-state index in [9.17, 15) is 4.21 Å². The summed E-state index contributed by atoms with van der Waals surface area (Å²) in [6.45, 7) is 4.84. The van der Waals surface area contributed by atoms with Gasteiger partial charge in [0, 0.05) is 16.0 Å². The summed E-state index contributed by atoms with van der Waals surface area (Å²) < 4.78 is 17.9. The van der Waals surface area contributed by atoms with Crippen LogP contribution < -0.4 is 5.32 Å². The molecule has 0 bridgehead atoms. The van der Waals surface area contributed by atoms with Crippen LogP contribution in [-0.4, -0.2) is 10.3 Å². The van der Waals surface area contributed by atoms with Crippen LogP contribution >= 0.6 is 11.6 Å². The van der Waals surface area contributed by atoms with E-state index in [1.54, 1.807) is 18.2 Å². The van der Waals surface area contributed by atoms with E-state index in [-0.39, 0.29) is 0 Å². The lowest BCUT2D eigenvalue weighted by atomic mass is 10.3. The fourth-order valence-electron chi connectivity index (χ4n) is 1.72. The van der Waals surface area contributed by atoms with Crippen LogP contribution in [0.3, 0.4) is 0 Å². The molecule has 3 nitrogen and oxygen atoms in total. The summed E-state index contributed by atoms with van der Waals surface area (Å²) in [5.74, 6) is 1.95. The molecule has 0 radical (unpaired) electrons. The molecule has 1 atom stereocenters. The molecule has 0 aliphatic heterocycles. The number of halogens is 1. The summed E-state index contributed by atoms with van der Waals surface area (Å²) >= 11 is 5.90. The fraction of sp³-hybridized carbons (Fsp3) is 0.333. The molecule has 20 heavy (non-hydrogen) atoms. The van der Waals surface area contributed by atoms with Gasteiger partial charge in [-0.25, -0.2) is 0 Å².